The molecule has 2 rings (SSSR count). The maximum atomic E-state index is 8.88. The van der Waals surface area contributed by atoms with Crippen LogP contribution in [-0.4, -0.2) is 45.9 Å². The van der Waals surface area contributed by atoms with Crippen LogP contribution in [-0.2, 0) is 4.57 Å². The second kappa shape index (κ2) is 13.5. The van der Waals surface area contributed by atoms with E-state index in [1.807, 2.05) is 24.4 Å². The fourth-order valence-electron chi connectivity index (χ4n) is 2.95. The monoisotopic (exact) mass is 427 g/mol. The first-order valence-corrected chi connectivity index (χ1v) is 11.5. The summed E-state index contributed by atoms with van der Waals surface area (Å²) in [6.07, 6.45) is 7.90. The highest BCUT2D eigenvalue weighted by Gasteiger charge is 2.05. The molecule has 0 spiro atoms. The van der Waals surface area contributed by atoms with E-state index in [2.05, 4.69) is 35.5 Å². The summed E-state index contributed by atoms with van der Waals surface area (Å²) in [5, 5.41) is 8.25. The Hall–Kier alpha value is -1.70. The maximum absolute atomic E-state index is 8.88. The highest BCUT2D eigenvalue weighted by atomic mass is 31.2. The average Bonchev–Trinajstić information content (AvgIpc) is 2.68. The number of aromatic nitrogens is 1. The van der Waals surface area contributed by atoms with Crippen molar-refractivity contribution in [2.75, 3.05) is 25.5 Å². The summed E-state index contributed by atoms with van der Waals surface area (Å²) >= 11 is 0. The van der Waals surface area contributed by atoms with Crippen molar-refractivity contribution < 1.29 is 24.0 Å². The van der Waals surface area contributed by atoms with Gasteiger partial charge in [-0.1, -0.05) is 26.3 Å². The van der Waals surface area contributed by atoms with E-state index in [0.717, 1.165) is 41.9 Å². The van der Waals surface area contributed by atoms with Crippen molar-refractivity contribution in [3.05, 3.63) is 30.5 Å². The molecular weight excluding hydrogens is 393 g/mol. The second-order valence-electron chi connectivity index (χ2n) is 6.72. The zero-order valence-corrected chi connectivity index (χ0v) is 18.4. The van der Waals surface area contributed by atoms with E-state index in [0.29, 0.717) is 6.04 Å². The molecule has 0 saturated carbocycles. The zero-order valence-electron chi connectivity index (χ0n) is 17.5. The van der Waals surface area contributed by atoms with Gasteiger partial charge in [0.1, 0.15) is 5.75 Å². The number of hydrogen-bond acceptors (Lipinski definition) is 5. The standard InChI is InChI=1S/C20H31N3O.H3O4P/c1-4-17(5-2)21-11-7-6-8-12-22-19-15-18(24-3)14-16-10-9-13-23-20(16)19;1-5(2,3)4/h9-10,13-15,17,21-22H,4-8,11-12H2,1-3H3;(H3,1,2,3,4). The normalized spacial score (nSPS) is 11.3. The Morgan fingerprint density at radius 2 is 1.76 bits per heavy atom. The van der Waals surface area contributed by atoms with Gasteiger partial charge < -0.3 is 30.1 Å². The number of fused-ring (bicyclic) bond motifs is 1. The Bertz CT molecular complexity index is 757. The van der Waals surface area contributed by atoms with Crippen LogP contribution in [0, 0.1) is 0 Å². The first-order chi connectivity index (χ1) is 13.8. The third-order valence-electron chi connectivity index (χ3n) is 4.50. The fourth-order valence-corrected chi connectivity index (χ4v) is 2.95. The predicted molar refractivity (Wildman–Crippen MR) is 117 cm³/mol. The molecule has 0 saturated heterocycles. The van der Waals surface area contributed by atoms with Crippen LogP contribution in [0.2, 0.25) is 0 Å². The van der Waals surface area contributed by atoms with Gasteiger partial charge in [-0.3, -0.25) is 4.98 Å². The van der Waals surface area contributed by atoms with Crippen molar-refractivity contribution in [1.82, 2.24) is 10.3 Å². The molecule has 8 nitrogen and oxygen atoms in total. The number of anilines is 1. The molecule has 29 heavy (non-hydrogen) atoms. The van der Waals surface area contributed by atoms with Crippen LogP contribution in [0.15, 0.2) is 30.5 Å². The summed E-state index contributed by atoms with van der Waals surface area (Å²) < 4.78 is 14.3. The molecule has 1 aromatic carbocycles. The third kappa shape index (κ3) is 11.2. The lowest BCUT2D eigenvalue weighted by Crippen LogP contribution is -2.28. The van der Waals surface area contributed by atoms with Gasteiger partial charge in [-0.05, 0) is 44.4 Å². The molecule has 0 fully saturated rings. The second-order valence-corrected chi connectivity index (χ2v) is 7.74. The lowest BCUT2D eigenvalue weighted by atomic mass is 10.1. The van der Waals surface area contributed by atoms with Crippen LogP contribution in [0.1, 0.15) is 46.0 Å². The molecule has 0 atom stereocenters. The van der Waals surface area contributed by atoms with Gasteiger partial charge in [-0.2, -0.15) is 0 Å². The van der Waals surface area contributed by atoms with Gasteiger partial charge in [-0.15, -0.1) is 0 Å². The molecular formula is C20H34N3O5P. The number of unbranched alkanes of at least 4 members (excludes halogenated alkanes) is 2. The van der Waals surface area contributed by atoms with Gasteiger partial charge in [0.15, 0.2) is 0 Å². The van der Waals surface area contributed by atoms with E-state index < -0.39 is 7.82 Å². The number of phosphoric acid groups is 1. The smallest absolute Gasteiger partial charge is 0.466 e. The molecule has 2 aromatic rings. The minimum Gasteiger partial charge on any atom is -0.497 e. The topological polar surface area (TPSA) is 124 Å². The van der Waals surface area contributed by atoms with Crippen LogP contribution < -0.4 is 15.4 Å². The van der Waals surface area contributed by atoms with E-state index in [-0.39, 0.29) is 0 Å². The summed E-state index contributed by atoms with van der Waals surface area (Å²) in [5.74, 6) is 0.868. The van der Waals surface area contributed by atoms with Crippen LogP contribution >= 0.6 is 7.82 Å². The summed E-state index contributed by atoms with van der Waals surface area (Å²) in [6.45, 7) is 6.58. The average molecular weight is 427 g/mol. The number of methoxy groups -OCH3 is 1. The van der Waals surface area contributed by atoms with E-state index in [4.69, 9.17) is 24.0 Å². The van der Waals surface area contributed by atoms with Crippen LogP contribution in [0.4, 0.5) is 5.69 Å². The number of nitrogens with one attached hydrogen (secondary N) is 2. The van der Waals surface area contributed by atoms with E-state index >= 15 is 0 Å². The lowest BCUT2D eigenvalue weighted by molar-refractivity contribution is 0.275. The van der Waals surface area contributed by atoms with Crippen molar-refractivity contribution in [2.45, 2.75) is 52.0 Å². The number of rotatable bonds is 11. The molecule has 0 bridgehead atoms. The van der Waals surface area contributed by atoms with Crippen molar-refractivity contribution in [3.63, 3.8) is 0 Å². The molecule has 1 aromatic heterocycles. The minimum absolute atomic E-state index is 0.678. The fraction of sp³-hybridized carbons (Fsp3) is 0.550. The molecule has 5 N–H and O–H groups in total. The lowest BCUT2D eigenvalue weighted by Gasteiger charge is -2.14. The molecule has 0 radical (unpaired) electrons. The SMILES string of the molecule is CCC(CC)NCCCCCNc1cc(OC)cc2cccnc12.O=P(O)(O)O. The molecule has 0 unspecified atom stereocenters. The highest BCUT2D eigenvalue weighted by molar-refractivity contribution is 7.45. The maximum Gasteiger partial charge on any atom is 0.466 e. The molecule has 164 valence electrons. The molecule has 0 aliphatic carbocycles. The molecule has 0 aliphatic heterocycles. The van der Waals surface area contributed by atoms with E-state index in [1.54, 1.807) is 7.11 Å². The van der Waals surface area contributed by atoms with E-state index in [1.165, 1.54) is 25.7 Å². The number of pyridine rings is 1. The Morgan fingerprint density at radius 1 is 1.10 bits per heavy atom. The summed E-state index contributed by atoms with van der Waals surface area (Å²) in [5.41, 5.74) is 2.06. The minimum atomic E-state index is -4.64. The van der Waals surface area contributed by atoms with Crippen LogP contribution in [0.5, 0.6) is 5.75 Å². The van der Waals surface area contributed by atoms with Gasteiger partial charge in [0, 0.05) is 30.2 Å². The van der Waals surface area contributed by atoms with Gasteiger partial charge in [0.25, 0.3) is 0 Å². The number of benzene rings is 1. The Balaban J connectivity index is 0.000000749. The van der Waals surface area contributed by atoms with Gasteiger partial charge in [0.2, 0.25) is 0 Å². The number of ether oxygens (including phenoxy) is 1. The van der Waals surface area contributed by atoms with Crippen molar-refractivity contribution in [1.29, 1.82) is 0 Å². The molecule has 9 heteroatoms. The van der Waals surface area contributed by atoms with E-state index in [9.17, 15) is 0 Å². The summed E-state index contributed by atoms with van der Waals surface area (Å²) in [7, 11) is -2.94. The van der Waals surface area contributed by atoms with Crippen molar-refractivity contribution >= 4 is 24.4 Å². The zero-order chi connectivity index (χ0) is 21.7. The van der Waals surface area contributed by atoms with Gasteiger partial charge >= 0.3 is 7.82 Å². The van der Waals surface area contributed by atoms with Gasteiger partial charge in [0.05, 0.1) is 18.3 Å². The summed E-state index contributed by atoms with van der Waals surface area (Å²) in [6, 6.07) is 8.76. The quantitative estimate of drug-likeness (QED) is 0.272. The number of nitrogens with zero attached hydrogens (tertiary/aromatic N) is 1. The first-order valence-electron chi connectivity index (χ1n) is 9.96. The van der Waals surface area contributed by atoms with Crippen LogP contribution in [0.25, 0.3) is 10.9 Å². The van der Waals surface area contributed by atoms with Crippen LogP contribution in [0.3, 0.4) is 0 Å². The largest absolute Gasteiger partial charge is 0.497 e. The third-order valence-corrected chi connectivity index (χ3v) is 4.50. The first kappa shape index (κ1) is 25.3. The molecule has 0 amide bonds. The summed E-state index contributed by atoms with van der Waals surface area (Å²) in [4.78, 5) is 26.1. The highest BCUT2D eigenvalue weighted by Crippen LogP contribution is 2.27. The Kier molecular flexibility index (Phi) is 11.8. The van der Waals surface area contributed by atoms with Crippen molar-refractivity contribution in [3.8, 4) is 5.75 Å². The number of hydrogen-bond donors (Lipinski definition) is 5. The molecule has 0 aliphatic rings. The Labute approximate surface area is 172 Å². The van der Waals surface area contributed by atoms with Gasteiger partial charge in [-0.25, -0.2) is 4.57 Å². The predicted octanol–water partition coefficient (Wildman–Crippen LogP) is 3.68. The molecule has 1 heterocycles. The Morgan fingerprint density at radius 3 is 2.38 bits per heavy atom. The van der Waals surface area contributed by atoms with Crippen molar-refractivity contribution in [2.24, 2.45) is 0 Å².